The van der Waals surface area contributed by atoms with E-state index in [4.69, 9.17) is 4.74 Å². The van der Waals surface area contributed by atoms with Crippen molar-refractivity contribution in [2.75, 3.05) is 13.1 Å². The number of nitrogens with one attached hydrogen (secondary N) is 1. The Morgan fingerprint density at radius 3 is 2.48 bits per heavy atom. The molecule has 1 fully saturated rings. The third kappa shape index (κ3) is 6.26. The third-order valence-corrected chi connectivity index (χ3v) is 5.67. The fraction of sp³-hybridized carbons (Fsp3) is 0.458. The standard InChI is InChI=1S/C24H30FN3O3/c1-16(2)15-21(27-23(29)19-6-8-20(25)9-7-19)18-10-13-28(14-11-18)24(30)31-22-5-4-12-26-17(22)3/h4-9,12,16,18,21H,10-11,13-15H2,1-3H3,(H,27,29). The van der Waals surface area contributed by atoms with Gasteiger partial charge in [0.1, 0.15) is 5.82 Å². The molecule has 0 radical (unpaired) electrons. The fourth-order valence-electron chi connectivity index (χ4n) is 3.95. The van der Waals surface area contributed by atoms with Crippen molar-refractivity contribution < 1.29 is 18.7 Å². The summed E-state index contributed by atoms with van der Waals surface area (Å²) < 4.78 is 18.7. The topological polar surface area (TPSA) is 71.5 Å². The van der Waals surface area contributed by atoms with Crippen LogP contribution in [0, 0.1) is 24.6 Å². The van der Waals surface area contributed by atoms with E-state index in [9.17, 15) is 14.0 Å². The number of benzene rings is 1. The van der Waals surface area contributed by atoms with E-state index in [-0.39, 0.29) is 29.8 Å². The molecule has 2 amide bonds. The summed E-state index contributed by atoms with van der Waals surface area (Å²) in [6.45, 7) is 7.20. The molecule has 1 unspecified atom stereocenters. The number of rotatable bonds is 6. The van der Waals surface area contributed by atoms with Gasteiger partial charge in [0.15, 0.2) is 5.75 Å². The van der Waals surface area contributed by atoms with Crippen LogP contribution in [0.25, 0.3) is 0 Å². The lowest BCUT2D eigenvalue weighted by atomic mass is 9.85. The zero-order valence-corrected chi connectivity index (χ0v) is 18.3. The summed E-state index contributed by atoms with van der Waals surface area (Å²) in [4.78, 5) is 31.1. The molecule has 0 bridgehead atoms. The number of amides is 2. The highest BCUT2D eigenvalue weighted by Crippen LogP contribution is 2.26. The average Bonchev–Trinajstić information content (AvgIpc) is 2.75. The number of piperidine rings is 1. The Labute approximate surface area is 182 Å². The van der Waals surface area contributed by atoms with Gasteiger partial charge in [-0.2, -0.15) is 0 Å². The molecule has 0 spiro atoms. The van der Waals surface area contributed by atoms with Gasteiger partial charge in [0.25, 0.3) is 5.91 Å². The van der Waals surface area contributed by atoms with Crippen molar-refractivity contribution in [1.82, 2.24) is 15.2 Å². The quantitative estimate of drug-likeness (QED) is 0.732. The highest BCUT2D eigenvalue weighted by molar-refractivity contribution is 5.94. The van der Waals surface area contributed by atoms with Crippen molar-refractivity contribution in [3.05, 3.63) is 59.7 Å². The lowest BCUT2D eigenvalue weighted by Gasteiger charge is -2.36. The molecule has 31 heavy (non-hydrogen) atoms. The zero-order chi connectivity index (χ0) is 22.4. The Kier molecular flexibility index (Phi) is 7.60. The molecule has 7 heteroatoms. The van der Waals surface area contributed by atoms with Crippen molar-refractivity contribution >= 4 is 12.0 Å². The highest BCUT2D eigenvalue weighted by atomic mass is 19.1. The maximum atomic E-state index is 13.2. The summed E-state index contributed by atoms with van der Waals surface area (Å²) in [6.07, 6.45) is 3.69. The Balaban J connectivity index is 1.58. The van der Waals surface area contributed by atoms with E-state index in [1.165, 1.54) is 24.3 Å². The number of hydrogen-bond donors (Lipinski definition) is 1. The number of hydrogen-bond acceptors (Lipinski definition) is 4. The number of likely N-dealkylation sites (tertiary alicyclic amines) is 1. The van der Waals surface area contributed by atoms with Gasteiger partial charge < -0.3 is 15.0 Å². The molecule has 1 aromatic carbocycles. The monoisotopic (exact) mass is 427 g/mol. The molecule has 1 saturated heterocycles. The molecule has 2 heterocycles. The van der Waals surface area contributed by atoms with Crippen molar-refractivity contribution in [3.63, 3.8) is 0 Å². The Hall–Kier alpha value is -2.96. The summed E-state index contributed by atoms with van der Waals surface area (Å²) in [7, 11) is 0. The molecule has 3 rings (SSSR count). The predicted octanol–water partition coefficient (Wildman–Crippen LogP) is 4.58. The minimum atomic E-state index is -0.370. The van der Waals surface area contributed by atoms with Crippen LogP contribution in [0.5, 0.6) is 5.75 Å². The van der Waals surface area contributed by atoms with Crippen molar-refractivity contribution in [1.29, 1.82) is 0 Å². The average molecular weight is 428 g/mol. The molecule has 1 aliphatic rings. The molecular formula is C24H30FN3O3. The molecule has 166 valence electrons. The summed E-state index contributed by atoms with van der Waals surface area (Å²) >= 11 is 0. The predicted molar refractivity (Wildman–Crippen MR) is 116 cm³/mol. The number of halogens is 1. The number of aryl methyl sites for hydroxylation is 1. The third-order valence-electron chi connectivity index (χ3n) is 5.67. The van der Waals surface area contributed by atoms with E-state index in [2.05, 4.69) is 24.1 Å². The zero-order valence-electron chi connectivity index (χ0n) is 18.3. The van der Waals surface area contributed by atoms with Crippen LogP contribution < -0.4 is 10.1 Å². The first kappa shape index (κ1) is 22.7. The number of pyridine rings is 1. The van der Waals surface area contributed by atoms with Crippen molar-refractivity contribution in [3.8, 4) is 5.75 Å². The van der Waals surface area contributed by atoms with E-state index in [1.54, 1.807) is 30.2 Å². The number of carbonyl (C=O) groups is 2. The van der Waals surface area contributed by atoms with Gasteiger partial charge in [-0.05, 0) is 74.4 Å². The second-order valence-electron chi connectivity index (χ2n) is 8.50. The molecule has 6 nitrogen and oxygen atoms in total. The summed E-state index contributed by atoms with van der Waals surface area (Å²) in [5, 5.41) is 3.14. The van der Waals surface area contributed by atoms with Crippen LogP contribution >= 0.6 is 0 Å². The lowest BCUT2D eigenvalue weighted by molar-refractivity contribution is 0.0871. The highest BCUT2D eigenvalue weighted by Gasteiger charge is 2.31. The fourth-order valence-corrected chi connectivity index (χ4v) is 3.95. The molecular weight excluding hydrogens is 397 g/mol. The SMILES string of the molecule is Cc1ncccc1OC(=O)N1CCC(C(CC(C)C)NC(=O)c2ccc(F)cc2)CC1. The van der Waals surface area contributed by atoms with Crippen molar-refractivity contribution in [2.45, 2.75) is 46.1 Å². The number of carbonyl (C=O) groups excluding carboxylic acids is 2. The Bertz CT molecular complexity index is 893. The Morgan fingerprint density at radius 1 is 1.19 bits per heavy atom. The van der Waals surface area contributed by atoms with Crippen LogP contribution in [0.15, 0.2) is 42.6 Å². The maximum absolute atomic E-state index is 13.2. The van der Waals surface area contributed by atoms with E-state index in [0.29, 0.717) is 36.0 Å². The van der Waals surface area contributed by atoms with Gasteiger partial charge in [-0.15, -0.1) is 0 Å². The molecule has 0 saturated carbocycles. The van der Waals surface area contributed by atoms with Crippen LogP contribution in [0.3, 0.4) is 0 Å². The van der Waals surface area contributed by atoms with Gasteiger partial charge in [0.05, 0.1) is 5.69 Å². The first-order valence-electron chi connectivity index (χ1n) is 10.8. The van der Waals surface area contributed by atoms with Gasteiger partial charge in [0, 0.05) is 30.9 Å². The largest absolute Gasteiger partial charge is 0.415 e. The maximum Gasteiger partial charge on any atom is 0.415 e. The summed E-state index contributed by atoms with van der Waals surface area (Å²) in [5.74, 6) is 0.584. The van der Waals surface area contributed by atoms with Gasteiger partial charge in [-0.3, -0.25) is 9.78 Å². The van der Waals surface area contributed by atoms with Gasteiger partial charge in [0.2, 0.25) is 0 Å². The molecule has 0 aliphatic carbocycles. The minimum absolute atomic E-state index is 0.00343. The van der Waals surface area contributed by atoms with Crippen LogP contribution in [0.1, 0.15) is 49.2 Å². The van der Waals surface area contributed by atoms with Gasteiger partial charge in [-0.25, -0.2) is 9.18 Å². The second kappa shape index (κ2) is 10.4. The lowest BCUT2D eigenvalue weighted by Crippen LogP contribution is -2.47. The van der Waals surface area contributed by atoms with E-state index < -0.39 is 0 Å². The molecule has 2 aromatic rings. The smallest absolute Gasteiger partial charge is 0.408 e. The van der Waals surface area contributed by atoms with Crippen LogP contribution in [-0.4, -0.2) is 41.0 Å². The summed E-state index contributed by atoms with van der Waals surface area (Å²) in [6, 6.07) is 9.04. The first-order valence-corrected chi connectivity index (χ1v) is 10.8. The van der Waals surface area contributed by atoms with Crippen molar-refractivity contribution in [2.24, 2.45) is 11.8 Å². The normalized spacial score (nSPS) is 15.6. The van der Waals surface area contributed by atoms with Crippen LogP contribution in [-0.2, 0) is 0 Å². The molecule has 1 N–H and O–H groups in total. The molecule has 1 aromatic heterocycles. The van der Waals surface area contributed by atoms with Crippen LogP contribution in [0.2, 0.25) is 0 Å². The first-order chi connectivity index (χ1) is 14.8. The van der Waals surface area contributed by atoms with E-state index in [1.807, 2.05) is 0 Å². The van der Waals surface area contributed by atoms with E-state index in [0.717, 1.165) is 19.3 Å². The van der Waals surface area contributed by atoms with Gasteiger partial charge >= 0.3 is 6.09 Å². The van der Waals surface area contributed by atoms with Crippen LogP contribution in [0.4, 0.5) is 9.18 Å². The second-order valence-corrected chi connectivity index (χ2v) is 8.50. The Morgan fingerprint density at radius 2 is 1.87 bits per heavy atom. The molecule has 1 aliphatic heterocycles. The van der Waals surface area contributed by atoms with Gasteiger partial charge in [-0.1, -0.05) is 13.8 Å². The number of ether oxygens (including phenoxy) is 1. The van der Waals surface area contributed by atoms with E-state index >= 15 is 0 Å². The summed E-state index contributed by atoms with van der Waals surface area (Å²) in [5.41, 5.74) is 1.12. The number of nitrogens with zero attached hydrogens (tertiary/aromatic N) is 2. The molecule has 1 atom stereocenters. The minimum Gasteiger partial charge on any atom is -0.408 e. The number of aromatic nitrogens is 1.